The summed E-state index contributed by atoms with van der Waals surface area (Å²) in [6, 6.07) is 3.58. The predicted molar refractivity (Wildman–Crippen MR) is 95.8 cm³/mol. The Kier molecular flexibility index (Phi) is 5.12. The SMILES string of the molecule is CC1(C)OC(=NC(CS(N)(=O)=O)c2ccc(F)cc2)NS(=O)(=O)C1(C)C. The van der Waals surface area contributed by atoms with E-state index in [0.29, 0.717) is 5.56 Å². The van der Waals surface area contributed by atoms with Gasteiger partial charge in [-0.25, -0.2) is 36.1 Å². The lowest BCUT2D eigenvalue weighted by Crippen LogP contribution is -2.64. The van der Waals surface area contributed by atoms with E-state index in [4.69, 9.17) is 9.88 Å². The summed E-state index contributed by atoms with van der Waals surface area (Å²) >= 11 is 0. The van der Waals surface area contributed by atoms with Crippen LogP contribution in [0.25, 0.3) is 0 Å². The molecule has 8 nitrogen and oxygen atoms in total. The number of hydrogen-bond donors (Lipinski definition) is 2. The molecule has 1 unspecified atom stereocenters. The number of nitrogens with two attached hydrogens (primary N) is 1. The minimum absolute atomic E-state index is 0.340. The highest BCUT2D eigenvalue weighted by molar-refractivity contribution is 7.91. The molecule has 0 bridgehead atoms. The van der Waals surface area contributed by atoms with Crippen LogP contribution < -0.4 is 9.86 Å². The minimum atomic E-state index is -3.95. The molecule has 1 aromatic carbocycles. The number of halogens is 1. The van der Waals surface area contributed by atoms with Crippen LogP contribution in [0.15, 0.2) is 29.3 Å². The van der Waals surface area contributed by atoms with E-state index in [1.165, 1.54) is 26.0 Å². The fraction of sp³-hybridized carbons (Fsp3) is 0.533. The summed E-state index contributed by atoms with van der Waals surface area (Å²) in [6.07, 6.45) is 0. The second-order valence-corrected chi connectivity index (χ2v) is 10.9. The van der Waals surface area contributed by atoms with Gasteiger partial charge in [-0.15, -0.1) is 0 Å². The molecule has 11 heteroatoms. The predicted octanol–water partition coefficient (Wildman–Crippen LogP) is 1.02. The Bertz CT molecular complexity index is 923. The molecule has 1 aliphatic heterocycles. The molecule has 0 radical (unpaired) electrons. The van der Waals surface area contributed by atoms with Gasteiger partial charge in [0.1, 0.15) is 16.2 Å². The Labute approximate surface area is 152 Å². The van der Waals surface area contributed by atoms with Gasteiger partial charge in [0.15, 0.2) is 0 Å². The van der Waals surface area contributed by atoms with Gasteiger partial charge >= 0.3 is 0 Å². The molecule has 0 aliphatic carbocycles. The van der Waals surface area contributed by atoms with Gasteiger partial charge in [-0.3, -0.25) is 0 Å². The number of sulfonamides is 2. The number of aliphatic imine (C=N–C) groups is 1. The third-order valence-corrected chi connectivity index (χ3v) is 7.67. The first kappa shape index (κ1) is 20.6. The van der Waals surface area contributed by atoms with Gasteiger partial charge in [-0.1, -0.05) is 12.1 Å². The molecular formula is C15H22FN3O5S2. The third-order valence-electron chi connectivity index (χ3n) is 4.61. The van der Waals surface area contributed by atoms with Crippen molar-refractivity contribution in [3.8, 4) is 0 Å². The summed E-state index contributed by atoms with van der Waals surface area (Å²) in [7, 11) is -7.79. The van der Waals surface area contributed by atoms with Gasteiger partial charge in [-0.2, -0.15) is 0 Å². The molecule has 1 saturated heterocycles. The van der Waals surface area contributed by atoms with Crippen LogP contribution in [0, 0.1) is 5.82 Å². The number of amidine groups is 1. The lowest BCUT2D eigenvalue weighted by Gasteiger charge is -2.44. The highest BCUT2D eigenvalue weighted by atomic mass is 32.2. The summed E-state index contributed by atoms with van der Waals surface area (Å²) in [5.74, 6) is -1.11. The first-order valence-corrected chi connectivity index (χ1v) is 10.9. The zero-order valence-electron chi connectivity index (χ0n) is 14.9. The first-order chi connectivity index (χ1) is 11.6. The first-order valence-electron chi connectivity index (χ1n) is 7.70. The number of ether oxygens (including phenoxy) is 1. The van der Waals surface area contributed by atoms with Crippen molar-refractivity contribution in [1.29, 1.82) is 0 Å². The highest BCUT2D eigenvalue weighted by Gasteiger charge is 2.54. The lowest BCUT2D eigenvalue weighted by molar-refractivity contribution is 0.0465. The van der Waals surface area contributed by atoms with Crippen LogP contribution in [-0.4, -0.2) is 39.0 Å². The second-order valence-electron chi connectivity index (χ2n) is 7.06. The van der Waals surface area contributed by atoms with E-state index in [9.17, 15) is 21.2 Å². The Morgan fingerprint density at radius 2 is 1.77 bits per heavy atom. The summed E-state index contributed by atoms with van der Waals surface area (Å²) in [4.78, 5) is 4.10. The van der Waals surface area contributed by atoms with Gasteiger partial charge in [0.2, 0.25) is 20.0 Å². The van der Waals surface area contributed by atoms with Crippen molar-refractivity contribution in [3.05, 3.63) is 35.6 Å². The summed E-state index contributed by atoms with van der Waals surface area (Å²) in [5.41, 5.74) is -0.788. The van der Waals surface area contributed by atoms with Crippen molar-refractivity contribution < 1.29 is 26.0 Å². The number of primary sulfonamides is 1. The zero-order valence-corrected chi connectivity index (χ0v) is 16.5. The van der Waals surface area contributed by atoms with Crippen molar-refractivity contribution in [2.24, 2.45) is 10.1 Å². The monoisotopic (exact) mass is 407 g/mol. The van der Waals surface area contributed by atoms with E-state index in [1.54, 1.807) is 13.8 Å². The van der Waals surface area contributed by atoms with Crippen LogP contribution in [0.4, 0.5) is 4.39 Å². The number of benzene rings is 1. The molecule has 1 atom stereocenters. The maximum absolute atomic E-state index is 13.1. The van der Waals surface area contributed by atoms with Crippen molar-refractivity contribution in [2.75, 3.05) is 5.75 Å². The molecule has 0 amide bonds. The summed E-state index contributed by atoms with van der Waals surface area (Å²) < 4.78 is 67.9. The van der Waals surface area contributed by atoms with E-state index in [1.807, 2.05) is 0 Å². The number of hydrogen-bond acceptors (Lipinski definition) is 6. The average Bonchev–Trinajstić information content (AvgIpc) is 2.43. The molecule has 0 spiro atoms. The zero-order chi connectivity index (χ0) is 20.0. The summed E-state index contributed by atoms with van der Waals surface area (Å²) in [6.45, 7) is 6.20. The van der Waals surface area contributed by atoms with Crippen LogP contribution >= 0.6 is 0 Å². The third kappa shape index (κ3) is 4.15. The Morgan fingerprint density at radius 3 is 2.23 bits per heavy atom. The Morgan fingerprint density at radius 1 is 1.23 bits per heavy atom. The molecule has 1 fully saturated rings. The largest absolute Gasteiger partial charge is 0.457 e. The van der Waals surface area contributed by atoms with Crippen LogP contribution in [0.5, 0.6) is 0 Å². The molecule has 0 aromatic heterocycles. The molecule has 1 aliphatic rings. The van der Waals surface area contributed by atoms with Crippen LogP contribution in [-0.2, 0) is 24.8 Å². The van der Waals surface area contributed by atoms with Crippen LogP contribution in [0.3, 0.4) is 0 Å². The van der Waals surface area contributed by atoms with E-state index in [2.05, 4.69) is 9.71 Å². The van der Waals surface area contributed by atoms with Gasteiger partial charge in [-0.05, 0) is 45.4 Å². The Balaban J connectivity index is 2.48. The highest BCUT2D eigenvalue weighted by Crippen LogP contribution is 2.36. The molecule has 2 rings (SSSR count). The van der Waals surface area contributed by atoms with Crippen LogP contribution in [0.2, 0.25) is 0 Å². The topological polar surface area (TPSA) is 128 Å². The number of nitrogens with one attached hydrogen (secondary N) is 1. The average molecular weight is 407 g/mol. The quantitative estimate of drug-likeness (QED) is 0.770. The maximum atomic E-state index is 13.1. The molecule has 3 N–H and O–H groups in total. The standard InChI is InChI=1S/C15H22FN3O5S2/c1-14(2)15(3,4)26(22,23)19-13(24-14)18-12(9-25(17,20)21)10-5-7-11(16)8-6-10/h5-8,12H,9H2,1-4H3,(H,18,19)(H2,17,20,21). The molecule has 146 valence electrons. The van der Waals surface area contributed by atoms with Crippen molar-refractivity contribution in [1.82, 2.24) is 4.72 Å². The maximum Gasteiger partial charge on any atom is 0.299 e. The fourth-order valence-corrected chi connectivity index (χ4v) is 4.23. The molecule has 1 aromatic rings. The normalized spacial score (nSPS) is 23.7. The van der Waals surface area contributed by atoms with Gasteiger partial charge in [0.25, 0.3) is 6.02 Å². The second kappa shape index (κ2) is 6.46. The number of nitrogens with zero attached hydrogens (tertiary/aromatic N) is 1. The molecule has 26 heavy (non-hydrogen) atoms. The molecule has 1 heterocycles. The van der Waals surface area contributed by atoms with E-state index in [0.717, 1.165) is 12.1 Å². The summed E-state index contributed by atoms with van der Waals surface area (Å²) in [5, 5.41) is 5.11. The van der Waals surface area contributed by atoms with Crippen molar-refractivity contribution in [2.45, 2.75) is 44.1 Å². The van der Waals surface area contributed by atoms with E-state index in [-0.39, 0.29) is 6.02 Å². The lowest BCUT2D eigenvalue weighted by atomic mass is 9.93. The Hall–Kier alpha value is -1.72. The minimum Gasteiger partial charge on any atom is -0.457 e. The number of rotatable bonds is 4. The van der Waals surface area contributed by atoms with Crippen LogP contribution in [0.1, 0.15) is 39.3 Å². The molecule has 0 saturated carbocycles. The van der Waals surface area contributed by atoms with Crippen molar-refractivity contribution in [3.63, 3.8) is 0 Å². The molecular weight excluding hydrogens is 385 g/mol. The van der Waals surface area contributed by atoms with E-state index < -0.39 is 48.0 Å². The van der Waals surface area contributed by atoms with Gasteiger partial charge in [0, 0.05) is 0 Å². The van der Waals surface area contributed by atoms with Gasteiger partial charge < -0.3 is 4.74 Å². The fourth-order valence-electron chi connectivity index (χ4n) is 2.26. The van der Waals surface area contributed by atoms with E-state index >= 15 is 0 Å². The van der Waals surface area contributed by atoms with Crippen molar-refractivity contribution >= 4 is 26.1 Å². The smallest absolute Gasteiger partial charge is 0.299 e. The van der Waals surface area contributed by atoms with Gasteiger partial charge in [0.05, 0.1) is 11.8 Å².